The van der Waals surface area contributed by atoms with E-state index in [1.807, 2.05) is 56.3 Å². The Balaban J connectivity index is 1.73. The van der Waals surface area contributed by atoms with Crippen LogP contribution in [-0.2, 0) is 27.5 Å². The van der Waals surface area contributed by atoms with E-state index in [9.17, 15) is 9.59 Å². The van der Waals surface area contributed by atoms with Crippen molar-refractivity contribution in [2.24, 2.45) is 11.7 Å². The summed E-state index contributed by atoms with van der Waals surface area (Å²) in [7, 11) is 0. The van der Waals surface area contributed by atoms with Crippen molar-refractivity contribution in [3.05, 3.63) is 65.7 Å². The number of carbonyl (C=O) groups excluding carboxylic acids is 2. The summed E-state index contributed by atoms with van der Waals surface area (Å²) in [6.45, 7) is 4.65. The molecule has 0 bridgehead atoms. The second kappa shape index (κ2) is 10.4. The number of carbonyl (C=O) groups is 2. The van der Waals surface area contributed by atoms with Gasteiger partial charge in [-0.1, -0.05) is 56.3 Å². The molecule has 0 saturated carbocycles. The van der Waals surface area contributed by atoms with Crippen LogP contribution >= 0.6 is 0 Å². The van der Waals surface area contributed by atoms with E-state index >= 15 is 0 Å². The number of anilines is 1. The Kier molecular flexibility index (Phi) is 7.98. The van der Waals surface area contributed by atoms with Gasteiger partial charge in [0, 0.05) is 5.69 Å². The third-order valence-electron chi connectivity index (χ3n) is 4.06. The summed E-state index contributed by atoms with van der Waals surface area (Å²) in [6, 6.07) is 16.8. The Morgan fingerprint density at radius 2 is 1.56 bits per heavy atom. The lowest BCUT2D eigenvalue weighted by Crippen LogP contribution is -2.46. The molecule has 27 heavy (non-hydrogen) atoms. The number of hydrogen-bond donors (Lipinski definition) is 3. The highest BCUT2D eigenvalue weighted by molar-refractivity contribution is 5.95. The van der Waals surface area contributed by atoms with Gasteiger partial charge in [0.1, 0.15) is 0 Å². The van der Waals surface area contributed by atoms with Gasteiger partial charge in [-0.25, -0.2) is 0 Å². The Labute approximate surface area is 160 Å². The van der Waals surface area contributed by atoms with E-state index in [1.54, 1.807) is 12.1 Å². The van der Waals surface area contributed by atoms with Crippen LogP contribution in [0.25, 0.3) is 0 Å². The number of nitrogens with one attached hydrogen (secondary N) is 2. The highest BCUT2D eigenvalue weighted by atomic mass is 16.5. The first-order chi connectivity index (χ1) is 13.0. The zero-order chi connectivity index (χ0) is 19.6. The smallest absolute Gasteiger partial charge is 0.243 e. The first-order valence-electron chi connectivity index (χ1n) is 8.99. The molecule has 2 amide bonds. The molecule has 0 saturated heterocycles. The standard InChI is InChI=1S/C21H27N3O3/c1-15(2)20(22)21(26)23-12-19(25)24-18-10-8-17(9-11-18)14-27-13-16-6-4-3-5-7-16/h3-11,15,20H,12-14,22H2,1-2H3,(H,23,26)(H,24,25)/t20-/m0/s1. The topological polar surface area (TPSA) is 93.5 Å². The molecule has 6 nitrogen and oxygen atoms in total. The van der Waals surface area contributed by atoms with Gasteiger partial charge < -0.3 is 21.1 Å². The predicted octanol–water partition coefficient (Wildman–Crippen LogP) is 2.44. The molecule has 0 aliphatic carbocycles. The fraction of sp³-hybridized carbons (Fsp3) is 0.333. The van der Waals surface area contributed by atoms with E-state index in [0.29, 0.717) is 18.9 Å². The van der Waals surface area contributed by atoms with Gasteiger partial charge in [-0.3, -0.25) is 9.59 Å². The van der Waals surface area contributed by atoms with Crippen LogP contribution in [0.1, 0.15) is 25.0 Å². The summed E-state index contributed by atoms with van der Waals surface area (Å²) < 4.78 is 5.69. The van der Waals surface area contributed by atoms with E-state index in [4.69, 9.17) is 10.5 Å². The lowest BCUT2D eigenvalue weighted by molar-refractivity contribution is -0.125. The molecule has 6 heteroatoms. The number of hydrogen-bond acceptors (Lipinski definition) is 4. The number of benzene rings is 2. The number of ether oxygens (including phenoxy) is 1. The third-order valence-corrected chi connectivity index (χ3v) is 4.06. The van der Waals surface area contributed by atoms with Crippen LogP contribution in [0.15, 0.2) is 54.6 Å². The van der Waals surface area contributed by atoms with E-state index < -0.39 is 6.04 Å². The monoisotopic (exact) mass is 369 g/mol. The van der Waals surface area contributed by atoms with E-state index in [1.165, 1.54) is 0 Å². The van der Waals surface area contributed by atoms with Crippen molar-refractivity contribution in [1.82, 2.24) is 5.32 Å². The average Bonchev–Trinajstić information content (AvgIpc) is 2.67. The lowest BCUT2D eigenvalue weighted by Gasteiger charge is -2.15. The Hall–Kier alpha value is -2.70. The van der Waals surface area contributed by atoms with Gasteiger partial charge in [0.05, 0.1) is 25.8 Å². The molecule has 0 radical (unpaired) electrons. The fourth-order valence-corrected chi connectivity index (χ4v) is 2.34. The second-order valence-electron chi connectivity index (χ2n) is 6.71. The highest BCUT2D eigenvalue weighted by Gasteiger charge is 2.17. The number of nitrogens with two attached hydrogens (primary N) is 1. The Morgan fingerprint density at radius 3 is 2.15 bits per heavy atom. The zero-order valence-electron chi connectivity index (χ0n) is 15.8. The van der Waals surface area contributed by atoms with Gasteiger partial charge in [-0.2, -0.15) is 0 Å². The lowest BCUT2D eigenvalue weighted by atomic mass is 10.1. The second-order valence-corrected chi connectivity index (χ2v) is 6.71. The van der Waals surface area contributed by atoms with Crippen LogP contribution in [0.5, 0.6) is 0 Å². The largest absolute Gasteiger partial charge is 0.372 e. The number of amides is 2. The van der Waals surface area contributed by atoms with Crippen LogP contribution in [-0.4, -0.2) is 24.4 Å². The van der Waals surface area contributed by atoms with Gasteiger partial charge in [0.2, 0.25) is 11.8 Å². The van der Waals surface area contributed by atoms with Crippen molar-refractivity contribution in [3.63, 3.8) is 0 Å². The molecular formula is C21H27N3O3. The van der Waals surface area contributed by atoms with Crippen molar-refractivity contribution in [3.8, 4) is 0 Å². The fourth-order valence-electron chi connectivity index (χ4n) is 2.34. The molecule has 2 aromatic rings. The summed E-state index contributed by atoms with van der Waals surface area (Å²) in [5.41, 5.74) is 8.54. The third kappa shape index (κ3) is 7.21. The molecule has 1 atom stereocenters. The van der Waals surface area contributed by atoms with Gasteiger partial charge in [-0.15, -0.1) is 0 Å². The van der Waals surface area contributed by atoms with Crippen LogP contribution < -0.4 is 16.4 Å². The summed E-state index contributed by atoms with van der Waals surface area (Å²) >= 11 is 0. The zero-order valence-corrected chi connectivity index (χ0v) is 15.8. The summed E-state index contributed by atoms with van der Waals surface area (Å²) in [5.74, 6) is -0.608. The van der Waals surface area contributed by atoms with Gasteiger partial charge in [0.15, 0.2) is 0 Å². The maximum Gasteiger partial charge on any atom is 0.243 e. The summed E-state index contributed by atoms with van der Waals surface area (Å²) in [5, 5.41) is 5.28. The quantitative estimate of drug-likeness (QED) is 0.633. The summed E-state index contributed by atoms with van der Waals surface area (Å²) in [4.78, 5) is 23.7. The molecule has 0 fully saturated rings. The molecule has 0 spiro atoms. The molecule has 2 rings (SSSR count). The van der Waals surface area contributed by atoms with E-state index in [2.05, 4.69) is 10.6 Å². The van der Waals surface area contributed by atoms with Gasteiger partial charge >= 0.3 is 0 Å². The Bertz CT molecular complexity index is 730. The first-order valence-corrected chi connectivity index (χ1v) is 8.99. The van der Waals surface area contributed by atoms with Gasteiger partial charge in [0.25, 0.3) is 0 Å². The molecular weight excluding hydrogens is 342 g/mol. The van der Waals surface area contributed by atoms with Crippen molar-refractivity contribution in [2.75, 3.05) is 11.9 Å². The average molecular weight is 369 g/mol. The predicted molar refractivity (Wildman–Crippen MR) is 106 cm³/mol. The molecule has 144 valence electrons. The molecule has 4 N–H and O–H groups in total. The first kappa shape index (κ1) is 20.6. The molecule has 0 aromatic heterocycles. The highest BCUT2D eigenvalue weighted by Crippen LogP contribution is 2.11. The minimum atomic E-state index is -0.618. The molecule has 0 aliphatic heterocycles. The maximum absolute atomic E-state index is 11.9. The molecule has 0 unspecified atom stereocenters. The minimum absolute atomic E-state index is 0.0183. The minimum Gasteiger partial charge on any atom is -0.372 e. The molecule has 0 aliphatic rings. The maximum atomic E-state index is 11.9. The van der Waals surface area contributed by atoms with Crippen molar-refractivity contribution >= 4 is 17.5 Å². The molecule has 2 aromatic carbocycles. The van der Waals surface area contributed by atoms with Gasteiger partial charge in [-0.05, 0) is 29.2 Å². The normalized spacial score (nSPS) is 11.9. The van der Waals surface area contributed by atoms with Crippen LogP contribution in [0, 0.1) is 5.92 Å². The summed E-state index contributed by atoms with van der Waals surface area (Å²) in [6.07, 6.45) is 0. The number of rotatable bonds is 9. The van der Waals surface area contributed by atoms with E-state index in [-0.39, 0.29) is 24.3 Å². The SMILES string of the molecule is CC(C)[C@H](N)C(=O)NCC(=O)Nc1ccc(COCc2ccccc2)cc1. The van der Waals surface area contributed by atoms with Crippen LogP contribution in [0.2, 0.25) is 0 Å². The van der Waals surface area contributed by atoms with Crippen molar-refractivity contribution in [2.45, 2.75) is 33.1 Å². The molecule has 0 heterocycles. The van der Waals surface area contributed by atoms with Crippen molar-refractivity contribution in [1.29, 1.82) is 0 Å². The van der Waals surface area contributed by atoms with Crippen molar-refractivity contribution < 1.29 is 14.3 Å². The van der Waals surface area contributed by atoms with Crippen LogP contribution in [0.4, 0.5) is 5.69 Å². The Morgan fingerprint density at radius 1 is 0.963 bits per heavy atom. The van der Waals surface area contributed by atoms with Crippen LogP contribution in [0.3, 0.4) is 0 Å². The van der Waals surface area contributed by atoms with E-state index in [0.717, 1.165) is 11.1 Å².